The van der Waals surface area contributed by atoms with Gasteiger partial charge in [0.25, 0.3) is 0 Å². The van der Waals surface area contributed by atoms with E-state index in [4.69, 9.17) is 11.6 Å². The van der Waals surface area contributed by atoms with E-state index in [2.05, 4.69) is 23.5 Å². The molecule has 2 aromatic rings. The topological polar surface area (TPSA) is 12.0 Å². The Bertz CT molecular complexity index is 491. The molecule has 0 atom stereocenters. The molecule has 2 rings (SSSR count). The van der Waals surface area contributed by atoms with E-state index in [1.54, 1.807) is 0 Å². The fourth-order valence-corrected chi connectivity index (χ4v) is 1.73. The Hall–Kier alpha value is -1.73. The van der Waals surface area contributed by atoms with Crippen LogP contribution in [0.3, 0.4) is 0 Å². The van der Waals surface area contributed by atoms with Crippen molar-refractivity contribution in [2.45, 2.75) is 6.42 Å². The largest absolute Gasteiger partial charge is 0.361 e. The number of hydrogen-bond acceptors (Lipinski definition) is 1. The first-order valence-corrected chi connectivity index (χ1v) is 5.94. The quantitative estimate of drug-likeness (QED) is 0.833. The first kappa shape index (κ1) is 11.7. The zero-order valence-electron chi connectivity index (χ0n) is 9.44. The van der Waals surface area contributed by atoms with Gasteiger partial charge in [0.2, 0.25) is 0 Å². The molecular formula is C15H14ClN. The average molecular weight is 244 g/mol. The molecule has 0 aliphatic carbocycles. The van der Waals surface area contributed by atoms with Crippen molar-refractivity contribution in [3.63, 3.8) is 0 Å². The summed E-state index contributed by atoms with van der Waals surface area (Å²) in [5.41, 5.74) is 2.23. The van der Waals surface area contributed by atoms with Gasteiger partial charge in [-0.15, -0.1) is 0 Å². The standard InChI is InChI=1S/C15H14ClN/c16-14-10-4-5-11-15(14)17-12-6-9-13-7-2-1-3-8-13/h1-8,10-12,17H,9H2/b12-6+. The molecule has 0 fully saturated rings. The Morgan fingerprint density at radius 1 is 0.941 bits per heavy atom. The number of benzene rings is 2. The van der Waals surface area contributed by atoms with Crippen LogP contribution in [-0.2, 0) is 6.42 Å². The minimum atomic E-state index is 0.733. The van der Waals surface area contributed by atoms with Crippen LogP contribution in [0.4, 0.5) is 5.69 Å². The van der Waals surface area contributed by atoms with Crippen LogP contribution in [0.2, 0.25) is 5.02 Å². The molecule has 0 saturated heterocycles. The fraction of sp³-hybridized carbons (Fsp3) is 0.0667. The van der Waals surface area contributed by atoms with E-state index < -0.39 is 0 Å². The molecule has 0 spiro atoms. The van der Waals surface area contributed by atoms with Crippen molar-refractivity contribution < 1.29 is 0 Å². The van der Waals surface area contributed by atoms with Crippen LogP contribution >= 0.6 is 11.6 Å². The summed E-state index contributed by atoms with van der Waals surface area (Å²) in [6, 6.07) is 18.0. The molecule has 0 bridgehead atoms. The number of nitrogens with one attached hydrogen (secondary N) is 1. The minimum absolute atomic E-state index is 0.733. The third kappa shape index (κ3) is 3.65. The van der Waals surface area contributed by atoms with Crippen molar-refractivity contribution in [3.05, 3.63) is 77.5 Å². The maximum atomic E-state index is 6.02. The summed E-state index contributed by atoms with van der Waals surface area (Å²) >= 11 is 6.02. The molecule has 2 heteroatoms. The summed E-state index contributed by atoms with van der Waals surface area (Å²) in [4.78, 5) is 0. The Labute approximate surface area is 107 Å². The molecule has 0 aliphatic rings. The lowest BCUT2D eigenvalue weighted by Gasteiger charge is -2.02. The number of halogens is 1. The highest BCUT2D eigenvalue weighted by Crippen LogP contribution is 2.20. The van der Waals surface area contributed by atoms with E-state index in [1.165, 1.54) is 5.56 Å². The highest BCUT2D eigenvalue weighted by Gasteiger charge is 1.93. The molecule has 2 aromatic carbocycles. The van der Waals surface area contributed by atoms with Gasteiger partial charge in [-0.2, -0.15) is 0 Å². The van der Waals surface area contributed by atoms with Crippen molar-refractivity contribution in [1.29, 1.82) is 0 Å². The molecule has 0 radical (unpaired) electrons. The SMILES string of the molecule is Clc1ccccc1N/C=C/Cc1ccccc1. The molecule has 0 amide bonds. The second kappa shape index (κ2) is 6.12. The number of hydrogen-bond donors (Lipinski definition) is 1. The van der Waals surface area contributed by atoms with Gasteiger partial charge < -0.3 is 5.32 Å². The number of allylic oxidation sites excluding steroid dienone is 1. The van der Waals surface area contributed by atoms with Crippen LogP contribution in [0, 0.1) is 0 Å². The number of para-hydroxylation sites is 1. The lowest BCUT2D eigenvalue weighted by Crippen LogP contribution is -1.88. The summed E-state index contributed by atoms with van der Waals surface area (Å²) in [5.74, 6) is 0. The van der Waals surface area contributed by atoms with Crippen molar-refractivity contribution in [1.82, 2.24) is 0 Å². The zero-order chi connectivity index (χ0) is 11.9. The molecule has 0 saturated carbocycles. The molecule has 0 heterocycles. The zero-order valence-corrected chi connectivity index (χ0v) is 10.2. The van der Waals surface area contributed by atoms with Crippen LogP contribution in [0.5, 0.6) is 0 Å². The summed E-state index contributed by atoms with van der Waals surface area (Å²) < 4.78 is 0. The smallest absolute Gasteiger partial charge is 0.0640 e. The first-order valence-electron chi connectivity index (χ1n) is 5.56. The minimum Gasteiger partial charge on any atom is -0.361 e. The van der Waals surface area contributed by atoms with Crippen LogP contribution in [-0.4, -0.2) is 0 Å². The van der Waals surface area contributed by atoms with Crippen molar-refractivity contribution in [2.75, 3.05) is 5.32 Å². The summed E-state index contributed by atoms with van der Waals surface area (Å²) in [6.07, 6.45) is 4.92. The van der Waals surface area contributed by atoms with Gasteiger partial charge in [-0.1, -0.05) is 60.1 Å². The van der Waals surface area contributed by atoms with Crippen molar-refractivity contribution in [2.24, 2.45) is 0 Å². The van der Waals surface area contributed by atoms with Crippen molar-refractivity contribution >= 4 is 17.3 Å². The molecule has 86 valence electrons. The van der Waals surface area contributed by atoms with Gasteiger partial charge in [0, 0.05) is 0 Å². The van der Waals surface area contributed by atoms with Crippen molar-refractivity contribution in [3.8, 4) is 0 Å². The van der Waals surface area contributed by atoms with Gasteiger partial charge in [0.15, 0.2) is 0 Å². The maximum absolute atomic E-state index is 6.02. The predicted molar refractivity (Wildman–Crippen MR) is 74.4 cm³/mol. The lowest BCUT2D eigenvalue weighted by atomic mass is 10.1. The highest BCUT2D eigenvalue weighted by atomic mass is 35.5. The first-order chi connectivity index (χ1) is 8.36. The van der Waals surface area contributed by atoms with E-state index in [0.29, 0.717) is 0 Å². The molecule has 0 aromatic heterocycles. The average Bonchev–Trinajstić information content (AvgIpc) is 2.38. The Balaban J connectivity index is 1.89. The number of rotatable bonds is 4. The van der Waals surface area contributed by atoms with E-state index in [1.807, 2.05) is 48.7 Å². The normalized spacial score (nSPS) is 10.6. The van der Waals surface area contributed by atoms with Gasteiger partial charge in [0.05, 0.1) is 10.7 Å². The van der Waals surface area contributed by atoms with Gasteiger partial charge in [0.1, 0.15) is 0 Å². The fourth-order valence-electron chi connectivity index (χ4n) is 1.54. The maximum Gasteiger partial charge on any atom is 0.0640 e. The van der Waals surface area contributed by atoms with Crippen LogP contribution < -0.4 is 5.32 Å². The lowest BCUT2D eigenvalue weighted by molar-refractivity contribution is 1.26. The van der Waals surface area contributed by atoms with Gasteiger partial charge >= 0.3 is 0 Å². The molecule has 1 nitrogen and oxygen atoms in total. The van der Waals surface area contributed by atoms with E-state index in [-0.39, 0.29) is 0 Å². The molecule has 17 heavy (non-hydrogen) atoms. The van der Waals surface area contributed by atoms with E-state index in [0.717, 1.165) is 17.1 Å². The van der Waals surface area contributed by atoms with Gasteiger partial charge in [-0.05, 0) is 30.3 Å². The second-order valence-electron chi connectivity index (χ2n) is 3.72. The summed E-state index contributed by atoms with van der Waals surface area (Å²) in [5, 5.41) is 3.90. The van der Waals surface area contributed by atoms with E-state index >= 15 is 0 Å². The van der Waals surface area contributed by atoms with Crippen LogP contribution in [0.15, 0.2) is 66.9 Å². The van der Waals surface area contributed by atoms with E-state index in [9.17, 15) is 0 Å². The molecule has 0 aliphatic heterocycles. The third-order valence-electron chi connectivity index (χ3n) is 2.43. The Kier molecular flexibility index (Phi) is 4.23. The number of anilines is 1. The summed E-state index contributed by atoms with van der Waals surface area (Å²) in [7, 11) is 0. The Morgan fingerprint density at radius 2 is 1.65 bits per heavy atom. The summed E-state index contributed by atoms with van der Waals surface area (Å²) in [6.45, 7) is 0. The molecule has 0 unspecified atom stereocenters. The monoisotopic (exact) mass is 243 g/mol. The van der Waals surface area contributed by atoms with Gasteiger partial charge in [-0.3, -0.25) is 0 Å². The molecular weight excluding hydrogens is 230 g/mol. The highest BCUT2D eigenvalue weighted by molar-refractivity contribution is 6.33. The van der Waals surface area contributed by atoms with Crippen LogP contribution in [0.25, 0.3) is 0 Å². The van der Waals surface area contributed by atoms with Gasteiger partial charge in [-0.25, -0.2) is 0 Å². The third-order valence-corrected chi connectivity index (χ3v) is 2.76. The Morgan fingerprint density at radius 3 is 2.41 bits per heavy atom. The van der Waals surface area contributed by atoms with Crippen LogP contribution in [0.1, 0.15) is 5.56 Å². The molecule has 1 N–H and O–H groups in total. The second-order valence-corrected chi connectivity index (χ2v) is 4.12. The predicted octanol–water partition coefficient (Wildman–Crippen LogP) is 4.51.